The molecule has 0 radical (unpaired) electrons. The van der Waals surface area contributed by atoms with E-state index in [4.69, 9.17) is 14.2 Å². The molecule has 0 aromatic rings. The zero-order valence-corrected chi connectivity index (χ0v) is 11.3. The fourth-order valence-electron chi connectivity index (χ4n) is 3.09. The summed E-state index contributed by atoms with van der Waals surface area (Å²) in [6.45, 7) is 3.72. The molecule has 2 atom stereocenters. The summed E-state index contributed by atoms with van der Waals surface area (Å²) in [5.74, 6) is 1.79. The van der Waals surface area contributed by atoms with Gasteiger partial charge in [0.25, 0.3) is 0 Å². The second-order valence-corrected chi connectivity index (χ2v) is 6.27. The first-order chi connectivity index (χ1) is 8.90. The highest BCUT2D eigenvalue weighted by Gasteiger charge is 2.26. The number of hydrogen-bond donors (Lipinski definition) is 0. The van der Waals surface area contributed by atoms with Gasteiger partial charge in [-0.05, 0) is 31.1 Å². The van der Waals surface area contributed by atoms with Crippen LogP contribution in [0.25, 0.3) is 0 Å². The molecule has 3 rings (SSSR count). The third-order valence-electron chi connectivity index (χ3n) is 4.57. The Kier molecular flexibility index (Phi) is 4.55. The molecule has 3 heteroatoms. The summed E-state index contributed by atoms with van der Waals surface area (Å²) in [6, 6.07) is 0. The van der Waals surface area contributed by atoms with E-state index in [1.54, 1.807) is 0 Å². The van der Waals surface area contributed by atoms with Crippen LogP contribution in [-0.4, -0.2) is 38.6 Å². The Bertz CT molecular complexity index is 214. The Balaban J connectivity index is 1.21. The minimum absolute atomic E-state index is 0.422. The molecule has 0 N–H and O–H groups in total. The monoisotopic (exact) mass is 254 g/mol. The molecule has 2 heterocycles. The van der Waals surface area contributed by atoms with Gasteiger partial charge >= 0.3 is 0 Å². The van der Waals surface area contributed by atoms with Gasteiger partial charge in [0.2, 0.25) is 0 Å². The first-order valence-corrected chi connectivity index (χ1v) is 7.71. The van der Waals surface area contributed by atoms with E-state index in [9.17, 15) is 0 Å². The lowest BCUT2D eigenvalue weighted by atomic mass is 9.80. The van der Waals surface area contributed by atoms with Crippen molar-refractivity contribution in [2.45, 2.75) is 57.2 Å². The van der Waals surface area contributed by atoms with Gasteiger partial charge in [-0.3, -0.25) is 0 Å². The number of rotatable bonds is 8. The van der Waals surface area contributed by atoms with E-state index in [-0.39, 0.29) is 0 Å². The molecule has 3 nitrogen and oxygen atoms in total. The van der Waals surface area contributed by atoms with Crippen molar-refractivity contribution in [3.05, 3.63) is 0 Å². The van der Waals surface area contributed by atoms with Gasteiger partial charge in [0, 0.05) is 6.61 Å². The maximum atomic E-state index is 5.71. The minimum atomic E-state index is 0.422. The third-order valence-corrected chi connectivity index (χ3v) is 4.57. The largest absolute Gasteiger partial charge is 0.378 e. The van der Waals surface area contributed by atoms with E-state index in [1.165, 1.54) is 44.9 Å². The van der Waals surface area contributed by atoms with Crippen LogP contribution in [0.1, 0.15) is 44.9 Å². The van der Waals surface area contributed by atoms with E-state index in [1.807, 2.05) is 0 Å². The van der Waals surface area contributed by atoms with Crippen LogP contribution in [0.3, 0.4) is 0 Å². The molecule has 0 bridgehead atoms. The van der Waals surface area contributed by atoms with Crippen LogP contribution in [0.5, 0.6) is 0 Å². The Labute approximate surface area is 110 Å². The van der Waals surface area contributed by atoms with Crippen LogP contribution < -0.4 is 0 Å². The van der Waals surface area contributed by atoms with Gasteiger partial charge in [-0.15, -0.1) is 0 Å². The molecule has 3 aliphatic rings. The summed E-state index contributed by atoms with van der Waals surface area (Å²) in [5, 5.41) is 0. The van der Waals surface area contributed by atoms with Crippen LogP contribution in [0, 0.1) is 11.8 Å². The lowest BCUT2D eigenvalue weighted by molar-refractivity contribution is 0.0665. The van der Waals surface area contributed by atoms with E-state index in [2.05, 4.69) is 0 Å². The lowest BCUT2D eigenvalue weighted by Gasteiger charge is -2.28. The van der Waals surface area contributed by atoms with Crippen LogP contribution in [-0.2, 0) is 14.2 Å². The van der Waals surface area contributed by atoms with Crippen molar-refractivity contribution in [3.63, 3.8) is 0 Å². The van der Waals surface area contributed by atoms with E-state index >= 15 is 0 Å². The number of ether oxygens (including phenoxy) is 3. The maximum absolute atomic E-state index is 5.71. The van der Waals surface area contributed by atoms with Gasteiger partial charge in [0.1, 0.15) is 6.10 Å². The smallest absolute Gasteiger partial charge is 0.104 e. The number of epoxide rings is 2. The van der Waals surface area contributed by atoms with E-state index in [0.717, 1.165) is 38.3 Å². The zero-order chi connectivity index (χ0) is 12.2. The summed E-state index contributed by atoms with van der Waals surface area (Å²) in [6.07, 6.45) is 10.7. The zero-order valence-electron chi connectivity index (χ0n) is 11.3. The molecule has 0 aromatic carbocycles. The van der Waals surface area contributed by atoms with Crippen molar-refractivity contribution in [2.75, 3.05) is 26.4 Å². The van der Waals surface area contributed by atoms with Crippen molar-refractivity contribution in [1.29, 1.82) is 0 Å². The molecule has 0 aromatic heterocycles. The number of hydrogen-bond acceptors (Lipinski definition) is 3. The Hall–Kier alpha value is -0.120. The van der Waals surface area contributed by atoms with Crippen LogP contribution in [0.15, 0.2) is 0 Å². The van der Waals surface area contributed by atoms with Crippen LogP contribution in [0.4, 0.5) is 0 Å². The molecule has 18 heavy (non-hydrogen) atoms. The molecular weight excluding hydrogens is 228 g/mol. The van der Waals surface area contributed by atoms with Gasteiger partial charge in [0.05, 0.1) is 25.9 Å². The van der Waals surface area contributed by atoms with Gasteiger partial charge in [-0.1, -0.05) is 25.7 Å². The quantitative estimate of drug-likeness (QED) is 0.625. The first kappa shape index (κ1) is 12.9. The minimum Gasteiger partial charge on any atom is -0.378 e. The fourth-order valence-corrected chi connectivity index (χ4v) is 3.09. The van der Waals surface area contributed by atoms with Crippen LogP contribution in [0.2, 0.25) is 0 Å². The Morgan fingerprint density at radius 2 is 1.44 bits per heavy atom. The van der Waals surface area contributed by atoms with Gasteiger partial charge in [0.15, 0.2) is 0 Å². The van der Waals surface area contributed by atoms with Crippen molar-refractivity contribution in [3.8, 4) is 0 Å². The molecule has 0 amide bonds. The SMILES string of the molecule is C(CC1CCC(COCC2CO2)CC1)CC1CO1. The van der Waals surface area contributed by atoms with E-state index < -0.39 is 0 Å². The molecule has 2 unspecified atom stereocenters. The molecule has 3 fully saturated rings. The van der Waals surface area contributed by atoms with Crippen molar-refractivity contribution >= 4 is 0 Å². The maximum Gasteiger partial charge on any atom is 0.104 e. The highest BCUT2D eigenvalue weighted by Crippen LogP contribution is 2.32. The predicted molar refractivity (Wildman–Crippen MR) is 69.6 cm³/mol. The normalized spacial score (nSPS) is 38.7. The van der Waals surface area contributed by atoms with Gasteiger partial charge in [-0.2, -0.15) is 0 Å². The molecule has 1 aliphatic carbocycles. The average Bonchev–Trinajstić information content (AvgIpc) is 3.25. The molecule has 104 valence electrons. The topological polar surface area (TPSA) is 34.3 Å². The van der Waals surface area contributed by atoms with E-state index in [0.29, 0.717) is 12.2 Å². The molecule has 2 aliphatic heterocycles. The van der Waals surface area contributed by atoms with Crippen LogP contribution >= 0.6 is 0 Å². The standard InChI is InChI=1S/C15H26O3/c1(3-14-10-17-14)2-12-4-6-13(7-5-12)8-16-9-15-11-18-15/h12-15H,1-11H2. The molecule has 1 saturated carbocycles. The van der Waals surface area contributed by atoms with Gasteiger partial charge < -0.3 is 14.2 Å². The lowest BCUT2D eigenvalue weighted by Crippen LogP contribution is -2.20. The summed E-state index contributed by atoms with van der Waals surface area (Å²) in [4.78, 5) is 0. The first-order valence-electron chi connectivity index (χ1n) is 7.71. The summed E-state index contributed by atoms with van der Waals surface area (Å²) in [7, 11) is 0. The molecular formula is C15H26O3. The van der Waals surface area contributed by atoms with Crippen molar-refractivity contribution in [1.82, 2.24) is 0 Å². The Morgan fingerprint density at radius 3 is 2.11 bits per heavy atom. The second kappa shape index (κ2) is 6.36. The summed E-state index contributed by atoms with van der Waals surface area (Å²) >= 11 is 0. The highest BCUT2D eigenvalue weighted by atomic mass is 16.6. The van der Waals surface area contributed by atoms with Crippen molar-refractivity contribution in [2.24, 2.45) is 11.8 Å². The van der Waals surface area contributed by atoms with Crippen molar-refractivity contribution < 1.29 is 14.2 Å². The summed E-state index contributed by atoms with van der Waals surface area (Å²) in [5.41, 5.74) is 0. The van der Waals surface area contributed by atoms with Gasteiger partial charge in [-0.25, -0.2) is 0 Å². The average molecular weight is 254 g/mol. The Morgan fingerprint density at radius 1 is 0.778 bits per heavy atom. The summed E-state index contributed by atoms with van der Waals surface area (Å²) < 4.78 is 16.1. The fraction of sp³-hybridized carbons (Fsp3) is 1.00. The third kappa shape index (κ3) is 4.52. The molecule has 0 spiro atoms. The second-order valence-electron chi connectivity index (χ2n) is 6.27. The highest BCUT2D eigenvalue weighted by molar-refractivity contribution is 4.75. The predicted octanol–water partition coefficient (Wildman–Crippen LogP) is 2.78. The molecule has 2 saturated heterocycles.